The van der Waals surface area contributed by atoms with Gasteiger partial charge in [0.1, 0.15) is 6.07 Å². The molecule has 2 unspecified atom stereocenters. The lowest BCUT2D eigenvalue weighted by Gasteiger charge is -2.42. The number of aromatic nitrogens is 2. The first-order valence-electron chi connectivity index (χ1n) is 6.52. The van der Waals surface area contributed by atoms with Crippen LogP contribution in [0.3, 0.4) is 0 Å². The van der Waals surface area contributed by atoms with Crippen LogP contribution in [0.5, 0.6) is 0 Å². The fraction of sp³-hybridized carbons (Fsp3) is 0.615. The summed E-state index contributed by atoms with van der Waals surface area (Å²) in [6, 6.07) is 4.97. The van der Waals surface area contributed by atoms with Gasteiger partial charge in [-0.05, 0) is 32.4 Å². The summed E-state index contributed by atoms with van der Waals surface area (Å²) < 4.78 is 0. The molecule has 2 saturated heterocycles. The first-order chi connectivity index (χ1) is 8.79. The molecule has 0 spiro atoms. The topological polar surface area (TPSA) is 56.1 Å². The van der Waals surface area contributed by atoms with E-state index in [1.54, 1.807) is 12.3 Å². The molecule has 0 N–H and O–H groups in total. The molecule has 5 nitrogen and oxygen atoms in total. The van der Waals surface area contributed by atoms with Gasteiger partial charge in [-0.2, -0.15) is 10.4 Å². The van der Waals surface area contributed by atoms with Gasteiger partial charge >= 0.3 is 0 Å². The van der Waals surface area contributed by atoms with Crippen LogP contribution < -0.4 is 4.90 Å². The van der Waals surface area contributed by atoms with E-state index in [1.807, 2.05) is 0 Å². The second-order valence-corrected chi connectivity index (χ2v) is 5.17. The zero-order chi connectivity index (χ0) is 12.5. The molecule has 0 aliphatic carbocycles. The molecule has 94 valence electrons. The number of nitrogens with zero attached hydrogens (tertiary/aromatic N) is 5. The first-order valence-corrected chi connectivity index (χ1v) is 6.52. The van der Waals surface area contributed by atoms with Crippen LogP contribution in [0.25, 0.3) is 0 Å². The van der Waals surface area contributed by atoms with Crippen molar-refractivity contribution in [3.8, 4) is 6.07 Å². The Morgan fingerprint density at radius 3 is 3.17 bits per heavy atom. The highest BCUT2D eigenvalue weighted by atomic mass is 15.4. The van der Waals surface area contributed by atoms with Gasteiger partial charge in [-0.3, -0.25) is 4.90 Å². The SMILES string of the molecule is CC1CN2CCCC2CN1c1nnccc1C#N. The van der Waals surface area contributed by atoms with Crippen molar-refractivity contribution in [3.05, 3.63) is 17.8 Å². The van der Waals surface area contributed by atoms with Crippen LogP contribution in [-0.2, 0) is 0 Å². The van der Waals surface area contributed by atoms with Gasteiger partial charge in [-0.1, -0.05) is 0 Å². The van der Waals surface area contributed by atoms with Gasteiger partial charge in [-0.15, -0.1) is 5.10 Å². The minimum Gasteiger partial charge on any atom is -0.348 e. The number of hydrogen-bond donors (Lipinski definition) is 0. The molecule has 0 radical (unpaired) electrons. The Morgan fingerprint density at radius 1 is 1.44 bits per heavy atom. The van der Waals surface area contributed by atoms with Crippen molar-refractivity contribution in [2.45, 2.75) is 31.8 Å². The Labute approximate surface area is 107 Å². The highest BCUT2D eigenvalue weighted by Crippen LogP contribution is 2.28. The van der Waals surface area contributed by atoms with Gasteiger partial charge in [-0.25, -0.2) is 0 Å². The maximum absolute atomic E-state index is 9.17. The molecule has 2 aliphatic heterocycles. The van der Waals surface area contributed by atoms with Crippen LogP contribution in [0.1, 0.15) is 25.3 Å². The Kier molecular flexibility index (Phi) is 2.88. The quantitative estimate of drug-likeness (QED) is 0.737. The number of nitriles is 1. The number of rotatable bonds is 1. The molecule has 18 heavy (non-hydrogen) atoms. The second-order valence-electron chi connectivity index (χ2n) is 5.17. The molecule has 5 heteroatoms. The summed E-state index contributed by atoms with van der Waals surface area (Å²) in [7, 11) is 0. The average molecular weight is 243 g/mol. The zero-order valence-electron chi connectivity index (χ0n) is 10.6. The number of fused-ring (bicyclic) bond motifs is 1. The lowest BCUT2D eigenvalue weighted by Crippen LogP contribution is -2.55. The van der Waals surface area contributed by atoms with Crippen LogP contribution >= 0.6 is 0 Å². The van der Waals surface area contributed by atoms with E-state index in [4.69, 9.17) is 5.26 Å². The predicted octanol–water partition coefficient (Wildman–Crippen LogP) is 1.02. The van der Waals surface area contributed by atoms with E-state index in [9.17, 15) is 0 Å². The van der Waals surface area contributed by atoms with Crippen LogP contribution in [0.4, 0.5) is 5.82 Å². The van der Waals surface area contributed by atoms with Crippen molar-refractivity contribution >= 4 is 5.82 Å². The highest BCUT2D eigenvalue weighted by molar-refractivity contribution is 5.53. The molecular weight excluding hydrogens is 226 g/mol. The summed E-state index contributed by atoms with van der Waals surface area (Å²) in [5, 5.41) is 17.3. The van der Waals surface area contributed by atoms with E-state index >= 15 is 0 Å². The van der Waals surface area contributed by atoms with E-state index in [-0.39, 0.29) is 0 Å². The van der Waals surface area contributed by atoms with Gasteiger partial charge in [0.05, 0.1) is 11.8 Å². The maximum Gasteiger partial charge on any atom is 0.169 e. The molecule has 0 saturated carbocycles. The minimum absolute atomic E-state index is 0.392. The van der Waals surface area contributed by atoms with Gasteiger partial charge < -0.3 is 4.90 Å². The standard InChI is InChI=1S/C13H17N5/c1-10-8-17-6-2-3-12(17)9-18(10)13-11(7-14)4-5-15-16-13/h4-5,10,12H,2-3,6,8-9H2,1H3. The summed E-state index contributed by atoms with van der Waals surface area (Å²) in [5.41, 5.74) is 0.628. The molecule has 3 heterocycles. The molecule has 2 fully saturated rings. The molecule has 3 rings (SSSR count). The maximum atomic E-state index is 9.17. The Morgan fingerprint density at radius 2 is 2.33 bits per heavy atom. The fourth-order valence-corrected chi connectivity index (χ4v) is 3.11. The molecule has 1 aromatic heterocycles. The Bertz CT molecular complexity index is 481. The molecule has 0 aromatic carbocycles. The van der Waals surface area contributed by atoms with Crippen molar-refractivity contribution in [2.75, 3.05) is 24.5 Å². The predicted molar refractivity (Wildman–Crippen MR) is 68.2 cm³/mol. The van der Waals surface area contributed by atoms with Crippen molar-refractivity contribution in [2.24, 2.45) is 0 Å². The summed E-state index contributed by atoms with van der Waals surface area (Å²) in [5.74, 6) is 0.749. The van der Waals surface area contributed by atoms with Gasteiger partial charge in [0, 0.05) is 25.2 Å². The first kappa shape index (κ1) is 11.4. The third-order valence-electron chi connectivity index (χ3n) is 4.03. The normalized spacial score (nSPS) is 27.9. The van der Waals surface area contributed by atoms with Gasteiger partial charge in [0.15, 0.2) is 5.82 Å². The van der Waals surface area contributed by atoms with E-state index in [2.05, 4.69) is 33.0 Å². The van der Waals surface area contributed by atoms with Crippen molar-refractivity contribution in [1.29, 1.82) is 5.26 Å². The number of anilines is 1. The van der Waals surface area contributed by atoms with E-state index in [0.29, 0.717) is 17.6 Å². The average Bonchev–Trinajstić information content (AvgIpc) is 2.84. The lowest BCUT2D eigenvalue weighted by atomic mass is 10.1. The highest BCUT2D eigenvalue weighted by Gasteiger charge is 2.35. The Hall–Kier alpha value is -1.67. The van der Waals surface area contributed by atoms with Gasteiger partial charge in [0.25, 0.3) is 0 Å². The number of hydrogen-bond acceptors (Lipinski definition) is 5. The molecule has 0 amide bonds. The van der Waals surface area contributed by atoms with Crippen LogP contribution in [0, 0.1) is 11.3 Å². The molecule has 2 atom stereocenters. The summed E-state index contributed by atoms with van der Waals surface area (Å²) >= 11 is 0. The second kappa shape index (κ2) is 4.54. The third kappa shape index (κ3) is 1.83. The van der Waals surface area contributed by atoms with Crippen molar-refractivity contribution < 1.29 is 0 Å². The van der Waals surface area contributed by atoms with Crippen LogP contribution in [0.2, 0.25) is 0 Å². The zero-order valence-corrected chi connectivity index (χ0v) is 10.6. The fourth-order valence-electron chi connectivity index (χ4n) is 3.11. The third-order valence-corrected chi connectivity index (χ3v) is 4.03. The monoisotopic (exact) mass is 243 g/mol. The van der Waals surface area contributed by atoms with E-state index in [1.165, 1.54) is 19.4 Å². The molecular formula is C13H17N5. The largest absolute Gasteiger partial charge is 0.348 e. The molecule has 0 bridgehead atoms. The van der Waals surface area contributed by atoms with Crippen LogP contribution in [-0.4, -0.2) is 46.8 Å². The molecule has 2 aliphatic rings. The van der Waals surface area contributed by atoms with E-state index < -0.39 is 0 Å². The lowest BCUT2D eigenvalue weighted by molar-refractivity contribution is 0.202. The summed E-state index contributed by atoms with van der Waals surface area (Å²) in [6.45, 7) is 5.44. The van der Waals surface area contributed by atoms with Crippen molar-refractivity contribution in [1.82, 2.24) is 15.1 Å². The smallest absolute Gasteiger partial charge is 0.169 e. The summed E-state index contributed by atoms with van der Waals surface area (Å²) in [6.07, 6.45) is 4.13. The number of piperazine rings is 1. The van der Waals surface area contributed by atoms with Crippen molar-refractivity contribution in [3.63, 3.8) is 0 Å². The van der Waals surface area contributed by atoms with E-state index in [0.717, 1.165) is 18.9 Å². The van der Waals surface area contributed by atoms with Gasteiger partial charge in [0.2, 0.25) is 0 Å². The minimum atomic E-state index is 0.392. The van der Waals surface area contributed by atoms with Crippen LogP contribution in [0.15, 0.2) is 12.3 Å². The molecule has 1 aromatic rings. The Balaban J connectivity index is 1.89. The summed E-state index contributed by atoms with van der Waals surface area (Å²) in [4.78, 5) is 4.81.